The first-order chi connectivity index (χ1) is 11.6. The molecule has 0 saturated carbocycles. The van der Waals surface area contributed by atoms with Crippen molar-refractivity contribution in [3.8, 4) is 0 Å². The minimum atomic E-state index is -0.171. The van der Waals surface area contributed by atoms with Gasteiger partial charge in [-0.2, -0.15) is 0 Å². The molecular formula is C21H22N2O. The van der Waals surface area contributed by atoms with Crippen LogP contribution in [0.5, 0.6) is 0 Å². The fourth-order valence-electron chi connectivity index (χ4n) is 2.88. The van der Waals surface area contributed by atoms with Crippen LogP contribution >= 0.6 is 0 Å². The lowest BCUT2D eigenvalue weighted by molar-refractivity contribution is 0.252. The van der Waals surface area contributed by atoms with Gasteiger partial charge in [0.15, 0.2) is 0 Å². The summed E-state index contributed by atoms with van der Waals surface area (Å²) >= 11 is 0. The minimum absolute atomic E-state index is 0.171. The smallest absolute Gasteiger partial charge is 0.319 e. The number of benzene rings is 3. The molecule has 3 aromatic rings. The van der Waals surface area contributed by atoms with Gasteiger partial charge in [0.25, 0.3) is 0 Å². The van der Waals surface area contributed by atoms with Crippen LogP contribution in [0.15, 0.2) is 60.7 Å². The highest BCUT2D eigenvalue weighted by Gasteiger charge is 2.04. The van der Waals surface area contributed by atoms with Gasteiger partial charge in [-0.1, -0.05) is 54.1 Å². The lowest BCUT2D eigenvalue weighted by atomic mass is 10.0. The Morgan fingerprint density at radius 2 is 1.71 bits per heavy atom. The molecule has 0 heterocycles. The van der Waals surface area contributed by atoms with E-state index in [4.69, 9.17) is 0 Å². The summed E-state index contributed by atoms with van der Waals surface area (Å²) in [5.41, 5.74) is 4.61. The third-order valence-corrected chi connectivity index (χ3v) is 4.19. The zero-order chi connectivity index (χ0) is 16.9. The van der Waals surface area contributed by atoms with E-state index in [1.807, 2.05) is 36.4 Å². The molecule has 122 valence electrons. The number of nitrogens with one attached hydrogen (secondary N) is 2. The molecule has 2 N–H and O–H groups in total. The van der Waals surface area contributed by atoms with Gasteiger partial charge in [-0.3, -0.25) is 0 Å². The molecular weight excluding hydrogens is 296 g/mol. The van der Waals surface area contributed by atoms with Crippen LogP contribution in [0.25, 0.3) is 10.8 Å². The van der Waals surface area contributed by atoms with Crippen molar-refractivity contribution < 1.29 is 4.79 Å². The van der Waals surface area contributed by atoms with E-state index in [0.717, 1.165) is 17.5 Å². The van der Waals surface area contributed by atoms with Gasteiger partial charge in [-0.05, 0) is 54.3 Å². The van der Waals surface area contributed by atoms with E-state index in [-0.39, 0.29) is 6.03 Å². The van der Waals surface area contributed by atoms with Gasteiger partial charge < -0.3 is 10.6 Å². The number of carbonyl (C=O) groups excluding carboxylic acids is 1. The highest BCUT2D eigenvalue weighted by molar-refractivity contribution is 5.93. The van der Waals surface area contributed by atoms with Crippen LogP contribution in [0.2, 0.25) is 0 Å². The Morgan fingerprint density at radius 1 is 0.917 bits per heavy atom. The quantitative estimate of drug-likeness (QED) is 0.711. The van der Waals surface area contributed by atoms with Gasteiger partial charge >= 0.3 is 6.03 Å². The summed E-state index contributed by atoms with van der Waals surface area (Å²) in [6.07, 6.45) is 0.831. The number of urea groups is 1. The summed E-state index contributed by atoms with van der Waals surface area (Å²) in [5, 5.41) is 8.09. The number of anilines is 1. The fourth-order valence-corrected chi connectivity index (χ4v) is 2.88. The van der Waals surface area contributed by atoms with Crippen LogP contribution in [-0.4, -0.2) is 12.6 Å². The highest BCUT2D eigenvalue weighted by atomic mass is 16.2. The van der Waals surface area contributed by atoms with E-state index in [9.17, 15) is 4.79 Å². The number of aryl methyl sites for hydroxylation is 2. The molecule has 24 heavy (non-hydrogen) atoms. The second-order valence-corrected chi connectivity index (χ2v) is 6.12. The highest BCUT2D eigenvalue weighted by Crippen LogP contribution is 2.18. The van der Waals surface area contributed by atoms with Crippen LogP contribution in [0.4, 0.5) is 10.5 Å². The van der Waals surface area contributed by atoms with Crippen molar-refractivity contribution in [3.05, 3.63) is 77.4 Å². The Morgan fingerprint density at radius 3 is 2.50 bits per heavy atom. The van der Waals surface area contributed by atoms with E-state index in [1.165, 1.54) is 22.1 Å². The van der Waals surface area contributed by atoms with Crippen molar-refractivity contribution in [1.82, 2.24) is 5.32 Å². The molecule has 0 radical (unpaired) electrons. The maximum Gasteiger partial charge on any atom is 0.319 e. The summed E-state index contributed by atoms with van der Waals surface area (Å²) < 4.78 is 0. The van der Waals surface area contributed by atoms with Crippen LogP contribution in [0.1, 0.15) is 16.7 Å². The van der Waals surface area contributed by atoms with Crippen LogP contribution in [-0.2, 0) is 6.42 Å². The van der Waals surface area contributed by atoms with Crippen molar-refractivity contribution in [3.63, 3.8) is 0 Å². The molecule has 0 atom stereocenters. The normalized spacial score (nSPS) is 10.6. The van der Waals surface area contributed by atoms with Gasteiger partial charge in [-0.15, -0.1) is 0 Å². The van der Waals surface area contributed by atoms with E-state index < -0.39 is 0 Å². The number of amides is 2. The second kappa shape index (κ2) is 7.18. The van der Waals surface area contributed by atoms with E-state index in [0.29, 0.717) is 6.54 Å². The average molecular weight is 318 g/mol. The molecule has 0 saturated heterocycles. The third-order valence-electron chi connectivity index (χ3n) is 4.19. The van der Waals surface area contributed by atoms with Gasteiger partial charge in [0.05, 0.1) is 0 Å². The van der Waals surface area contributed by atoms with E-state index in [1.54, 1.807) is 0 Å². The SMILES string of the molecule is Cc1ccc(CCNC(=O)Nc2ccc3ccccc3c2)c(C)c1. The molecule has 0 aromatic heterocycles. The molecule has 0 bridgehead atoms. The summed E-state index contributed by atoms with van der Waals surface area (Å²) in [6.45, 7) is 4.81. The summed E-state index contributed by atoms with van der Waals surface area (Å²) in [7, 11) is 0. The van der Waals surface area contributed by atoms with Gasteiger partial charge in [-0.25, -0.2) is 4.79 Å². The predicted molar refractivity (Wildman–Crippen MR) is 101 cm³/mol. The molecule has 2 amide bonds. The van der Waals surface area contributed by atoms with E-state index in [2.05, 4.69) is 48.7 Å². The number of fused-ring (bicyclic) bond motifs is 1. The van der Waals surface area contributed by atoms with Gasteiger partial charge in [0.2, 0.25) is 0 Å². The standard InChI is InChI=1S/C21H22N2O/c1-15-7-8-17(16(2)13-15)11-12-22-21(24)23-20-10-9-18-5-3-4-6-19(18)14-20/h3-10,13-14H,11-12H2,1-2H3,(H2,22,23,24). The van der Waals surface area contributed by atoms with Crippen LogP contribution < -0.4 is 10.6 Å². The Kier molecular flexibility index (Phi) is 4.80. The summed E-state index contributed by atoms with van der Waals surface area (Å²) in [4.78, 5) is 12.1. The van der Waals surface area contributed by atoms with E-state index >= 15 is 0 Å². The monoisotopic (exact) mass is 318 g/mol. The summed E-state index contributed by atoms with van der Waals surface area (Å²) in [6, 6.07) is 20.3. The number of rotatable bonds is 4. The molecule has 0 aliphatic carbocycles. The molecule has 3 aromatic carbocycles. The van der Waals surface area contributed by atoms with Crippen molar-refractivity contribution in [1.29, 1.82) is 0 Å². The topological polar surface area (TPSA) is 41.1 Å². The van der Waals surface area contributed by atoms with Crippen LogP contribution in [0.3, 0.4) is 0 Å². The maximum absolute atomic E-state index is 12.1. The van der Waals surface area contributed by atoms with Crippen molar-refractivity contribution in [2.75, 3.05) is 11.9 Å². The number of hydrogen-bond donors (Lipinski definition) is 2. The Bertz CT molecular complexity index is 871. The zero-order valence-corrected chi connectivity index (χ0v) is 14.1. The van der Waals surface area contributed by atoms with Crippen molar-refractivity contribution in [2.24, 2.45) is 0 Å². The number of hydrogen-bond acceptors (Lipinski definition) is 1. The van der Waals surface area contributed by atoms with Gasteiger partial charge in [0.1, 0.15) is 0 Å². The largest absolute Gasteiger partial charge is 0.338 e. The van der Waals surface area contributed by atoms with Crippen LogP contribution in [0, 0.1) is 13.8 Å². The maximum atomic E-state index is 12.1. The first-order valence-corrected chi connectivity index (χ1v) is 8.21. The minimum Gasteiger partial charge on any atom is -0.338 e. The first kappa shape index (κ1) is 16.1. The molecule has 0 aliphatic heterocycles. The van der Waals surface area contributed by atoms with Crippen molar-refractivity contribution in [2.45, 2.75) is 20.3 Å². The predicted octanol–water partition coefficient (Wildman–Crippen LogP) is 4.82. The molecule has 0 fully saturated rings. The fraction of sp³-hybridized carbons (Fsp3) is 0.190. The molecule has 3 rings (SSSR count). The lowest BCUT2D eigenvalue weighted by Crippen LogP contribution is -2.30. The molecule has 0 aliphatic rings. The Hall–Kier alpha value is -2.81. The zero-order valence-electron chi connectivity index (χ0n) is 14.1. The molecule has 3 heteroatoms. The Labute approximate surface area is 142 Å². The third kappa shape index (κ3) is 3.93. The average Bonchev–Trinajstić information content (AvgIpc) is 2.57. The number of carbonyl (C=O) groups is 1. The lowest BCUT2D eigenvalue weighted by Gasteiger charge is -2.10. The summed E-state index contributed by atoms with van der Waals surface area (Å²) in [5.74, 6) is 0. The Balaban J connectivity index is 1.55. The second-order valence-electron chi connectivity index (χ2n) is 6.12. The van der Waals surface area contributed by atoms with Gasteiger partial charge in [0, 0.05) is 12.2 Å². The first-order valence-electron chi connectivity index (χ1n) is 8.21. The molecule has 0 spiro atoms. The molecule has 3 nitrogen and oxygen atoms in total. The molecule has 0 unspecified atom stereocenters. The van der Waals surface area contributed by atoms with Crippen molar-refractivity contribution >= 4 is 22.5 Å².